The van der Waals surface area contributed by atoms with E-state index in [2.05, 4.69) is 38.1 Å². The van der Waals surface area contributed by atoms with Crippen molar-refractivity contribution in [1.29, 1.82) is 0 Å². The molecule has 17 heavy (non-hydrogen) atoms. The molecule has 1 heterocycles. The van der Waals surface area contributed by atoms with Crippen LogP contribution in [-0.4, -0.2) is 18.3 Å². The smallest absolute Gasteiger partial charge is 0.0841 e. The predicted octanol–water partition coefficient (Wildman–Crippen LogP) is 3.27. The third kappa shape index (κ3) is 2.88. The Balaban J connectivity index is 2.06. The van der Waals surface area contributed by atoms with Crippen LogP contribution in [0.2, 0.25) is 0 Å². The first kappa shape index (κ1) is 12.6. The van der Waals surface area contributed by atoms with Crippen LogP contribution < -0.4 is 0 Å². The highest BCUT2D eigenvalue weighted by Gasteiger charge is 2.25. The molecular weight excluding hydrogens is 212 g/mol. The molecule has 0 bridgehead atoms. The molecule has 0 saturated carbocycles. The lowest BCUT2D eigenvalue weighted by Crippen LogP contribution is -2.12. The van der Waals surface area contributed by atoms with Gasteiger partial charge in [0.2, 0.25) is 0 Å². The molecule has 1 fully saturated rings. The van der Waals surface area contributed by atoms with E-state index in [-0.39, 0.29) is 12.0 Å². The number of ether oxygens (including phenoxy) is 1. The van der Waals surface area contributed by atoms with Crippen LogP contribution in [0.25, 0.3) is 0 Å². The quantitative estimate of drug-likeness (QED) is 0.866. The first-order valence-electron chi connectivity index (χ1n) is 6.58. The molecule has 2 nitrogen and oxygen atoms in total. The largest absolute Gasteiger partial charge is 0.388 e. The number of aliphatic hydroxyl groups excluding tert-OH is 1. The van der Waals surface area contributed by atoms with Crippen molar-refractivity contribution in [2.24, 2.45) is 5.92 Å². The summed E-state index contributed by atoms with van der Waals surface area (Å²) in [6, 6.07) is 8.40. The minimum Gasteiger partial charge on any atom is -0.388 e. The molecule has 1 aromatic carbocycles. The molecular formula is C15H22O2. The molecule has 1 N–H and O–H groups in total. The monoisotopic (exact) mass is 234 g/mol. The van der Waals surface area contributed by atoms with Crippen LogP contribution in [0.1, 0.15) is 49.8 Å². The van der Waals surface area contributed by atoms with E-state index in [1.807, 2.05) is 0 Å². The minimum atomic E-state index is -0.372. The first-order valence-corrected chi connectivity index (χ1v) is 6.58. The van der Waals surface area contributed by atoms with E-state index >= 15 is 0 Å². The fourth-order valence-corrected chi connectivity index (χ4v) is 2.33. The average molecular weight is 234 g/mol. The molecule has 3 unspecified atom stereocenters. The Bertz CT molecular complexity index is 338. The number of rotatable bonds is 4. The Morgan fingerprint density at radius 3 is 2.47 bits per heavy atom. The average Bonchev–Trinajstić information content (AvgIpc) is 2.91. The summed E-state index contributed by atoms with van der Waals surface area (Å²) in [6.45, 7) is 5.90. The summed E-state index contributed by atoms with van der Waals surface area (Å²) in [6.07, 6.45) is 1.75. The molecule has 0 spiro atoms. The summed E-state index contributed by atoms with van der Waals surface area (Å²) in [5.74, 6) is 0.862. The van der Waals surface area contributed by atoms with Gasteiger partial charge in [-0.15, -0.1) is 0 Å². The number of hydrogen-bond donors (Lipinski definition) is 1. The van der Waals surface area contributed by atoms with Gasteiger partial charge in [0.1, 0.15) is 0 Å². The normalized spacial score (nSPS) is 23.6. The maximum absolute atomic E-state index is 10.2. The number of hydrogen-bond acceptors (Lipinski definition) is 2. The van der Waals surface area contributed by atoms with Gasteiger partial charge in [-0.05, 0) is 29.9 Å². The van der Waals surface area contributed by atoms with Crippen LogP contribution in [0.4, 0.5) is 0 Å². The second-order valence-electron chi connectivity index (χ2n) is 5.04. The lowest BCUT2D eigenvalue weighted by Gasteiger charge is -2.18. The van der Waals surface area contributed by atoms with E-state index in [1.165, 1.54) is 5.56 Å². The Hall–Kier alpha value is -0.860. The fraction of sp³-hybridized carbons (Fsp3) is 0.600. The zero-order valence-electron chi connectivity index (χ0n) is 10.7. The Kier molecular flexibility index (Phi) is 4.19. The van der Waals surface area contributed by atoms with Gasteiger partial charge in [-0.2, -0.15) is 0 Å². The van der Waals surface area contributed by atoms with Crippen molar-refractivity contribution in [1.82, 2.24) is 0 Å². The van der Waals surface area contributed by atoms with Crippen LogP contribution in [0.5, 0.6) is 0 Å². The van der Waals surface area contributed by atoms with Crippen molar-refractivity contribution in [3.63, 3.8) is 0 Å². The standard InChI is InChI=1S/C15H22O2/c1-3-11(2)12-4-6-13(7-5-12)15(16)14-8-9-17-10-14/h4-7,11,14-16H,3,8-10H2,1-2H3. The highest BCUT2D eigenvalue weighted by molar-refractivity contribution is 5.26. The van der Waals surface area contributed by atoms with E-state index in [0.29, 0.717) is 12.5 Å². The summed E-state index contributed by atoms with van der Waals surface area (Å²) < 4.78 is 5.32. The van der Waals surface area contributed by atoms with Crippen molar-refractivity contribution in [3.8, 4) is 0 Å². The molecule has 1 saturated heterocycles. The predicted molar refractivity (Wildman–Crippen MR) is 69.0 cm³/mol. The topological polar surface area (TPSA) is 29.5 Å². The van der Waals surface area contributed by atoms with Gasteiger partial charge in [-0.25, -0.2) is 0 Å². The maximum atomic E-state index is 10.2. The first-order chi connectivity index (χ1) is 8.22. The molecule has 0 amide bonds. The van der Waals surface area contributed by atoms with Crippen LogP contribution in [0.15, 0.2) is 24.3 Å². The lowest BCUT2D eigenvalue weighted by atomic mass is 9.92. The maximum Gasteiger partial charge on any atom is 0.0841 e. The zero-order valence-corrected chi connectivity index (χ0v) is 10.7. The summed E-state index contributed by atoms with van der Waals surface area (Å²) >= 11 is 0. The van der Waals surface area contributed by atoms with Gasteiger partial charge < -0.3 is 9.84 Å². The number of aliphatic hydroxyl groups is 1. The van der Waals surface area contributed by atoms with Crippen molar-refractivity contribution in [2.75, 3.05) is 13.2 Å². The van der Waals surface area contributed by atoms with E-state index < -0.39 is 0 Å². The third-order valence-corrected chi connectivity index (χ3v) is 3.87. The van der Waals surface area contributed by atoms with E-state index in [1.54, 1.807) is 0 Å². The molecule has 1 aromatic rings. The van der Waals surface area contributed by atoms with E-state index in [4.69, 9.17) is 4.74 Å². The Morgan fingerprint density at radius 2 is 1.94 bits per heavy atom. The Labute approximate surface area is 104 Å². The summed E-state index contributed by atoms with van der Waals surface area (Å²) in [7, 11) is 0. The SMILES string of the molecule is CCC(C)c1ccc(C(O)C2CCOC2)cc1. The van der Waals surface area contributed by atoms with Gasteiger partial charge in [-0.3, -0.25) is 0 Å². The molecule has 3 atom stereocenters. The van der Waals surface area contributed by atoms with Crippen LogP contribution in [-0.2, 0) is 4.74 Å². The van der Waals surface area contributed by atoms with Crippen molar-refractivity contribution in [3.05, 3.63) is 35.4 Å². The van der Waals surface area contributed by atoms with E-state index in [9.17, 15) is 5.11 Å². The van der Waals surface area contributed by atoms with Gasteiger partial charge in [0.15, 0.2) is 0 Å². The molecule has 94 valence electrons. The molecule has 2 rings (SSSR count). The summed E-state index contributed by atoms with van der Waals surface area (Å²) in [5.41, 5.74) is 2.37. The minimum absolute atomic E-state index is 0.268. The highest BCUT2D eigenvalue weighted by atomic mass is 16.5. The molecule has 1 aliphatic rings. The second kappa shape index (κ2) is 5.65. The third-order valence-electron chi connectivity index (χ3n) is 3.87. The van der Waals surface area contributed by atoms with Gasteiger partial charge in [0.05, 0.1) is 12.7 Å². The summed E-state index contributed by atoms with van der Waals surface area (Å²) in [4.78, 5) is 0. The Morgan fingerprint density at radius 1 is 1.29 bits per heavy atom. The highest BCUT2D eigenvalue weighted by Crippen LogP contribution is 2.29. The fourth-order valence-electron chi connectivity index (χ4n) is 2.33. The molecule has 0 aliphatic carbocycles. The van der Waals surface area contributed by atoms with Gasteiger partial charge >= 0.3 is 0 Å². The van der Waals surface area contributed by atoms with Gasteiger partial charge in [-0.1, -0.05) is 38.1 Å². The van der Waals surface area contributed by atoms with Crippen molar-refractivity contribution in [2.45, 2.75) is 38.7 Å². The van der Waals surface area contributed by atoms with Gasteiger partial charge in [0, 0.05) is 12.5 Å². The van der Waals surface area contributed by atoms with E-state index in [0.717, 1.165) is 25.0 Å². The molecule has 1 aliphatic heterocycles. The van der Waals surface area contributed by atoms with Crippen LogP contribution in [0.3, 0.4) is 0 Å². The van der Waals surface area contributed by atoms with Crippen molar-refractivity contribution < 1.29 is 9.84 Å². The van der Waals surface area contributed by atoms with Crippen LogP contribution >= 0.6 is 0 Å². The summed E-state index contributed by atoms with van der Waals surface area (Å²) in [5, 5.41) is 10.2. The molecule has 0 aromatic heterocycles. The zero-order chi connectivity index (χ0) is 12.3. The molecule has 0 radical (unpaired) electrons. The van der Waals surface area contributed by atoms with Crippen molar-refractivity contribution >= 4 is 0 Å². The second-order valence-corrected chi connectivity index (χ2v) is 5.04. The van der Waals surface area contributed by atoms with Crippen LogP contribution in [0, 0.1) is 5.92 Å². The lowest BCUT2D eigenvalue weighted by molar-refractivity contribution is 0.0918. The molecule has 2 heteroatoms. The number of benzene rings is 1. The van der Waals surface area contributed by atoms with Gasteiger partial charge in [0.25, 0.3) is 0 Å².